The number of nitrogens with two attached hydrogens (primary N) is 1. The number of aromatic nitrogens is 5. The fourth-order valence-electron chi connectivity index (χ4n) is 3.76. The minimum atomic E-state index is -2.22. The van der Waals surface area contributed by atoms with Gasteiger partial charge in [0.2, 0.25) is 5.88 Å². The first-order chi connectivity index (χ1) is 17.3. The van der Waals surface area contributed by atoms with E-state index >= 15 is 0 Å². The standard InChI is InChI=1S/C22H22N8O6/c1-22(33,21(32)26-12-9-14-17(25-11-12)19(23)28-36-14)18-20(31)29(7-8-35-18)15-4-6-30(27-15)13-3-5-24-16(10-13)34-2/h3-6,9-11,18,33H,7-8H2,1-2H3,(H2,23,28)(H,26,32)/t18-,22+/m0/s1. The molecular formula is C22H22N8O6. The van der Waals surface area contributed by atoms with Gasteiger partial charge in [-0.25, -0.2) is 14.6 Å². The Bertz CT molecular complexity index is 1450. The summed E-state index contributed by atoms with van der Waals surface area (Å²) in [5.74, 6) is -0.629. The van der Waals surface area contributed by atoms with Crippen LogP contribution in [0.3, 0.4) is 0 Å². The molecule has 2 amide bonds. The number of hydrogen-bond acceptors (Lipinski definition) is 11. The summed E-state index contributed by atoms with van der Waals surface area (Å²) in [6.07, 6.45) is 3.10. The smallest absolute Gasteiger partial charge is 0.260 e. The maximum Gasteiger partial charge on any atom is 0.260 e. The van der Waals surface area contributed by atoms with Gasteiger partial charge in [-0.15, -0.1) is 5.10 Å². The summed E-state index contributed by atoms with van der Waals surface area (Å²) in [4.78, 5) is 35.8. The van der Waals surface area contributed by atoms with Gasteiger partial charge in [-0.2, -0.15) is 0 Å². The molecule has 5 rings (SSSR count). The number of methoxy groups -OCH3 is 1. The number of pyridine rings is 2. The molecule has 0 radical (unpaired) electrons. The quantitative estimate of drug-likeness (QED) is 0.339. The molecule has 4 aromatic heterocycles. The number of morpholine rings is 1. The van der Waals surface area contributed by atoms with Crippen LogP contribution in [-0.4, -0.2) is 73.8 Å². The largest absolute Gasteiger partial charge is 0.481 e. The molecule has 1 aliphatic rings. The molecule has 36 heavy (non-hydrogen) atoms. The normalized spacial score (nSPS) is 17.7. The lowest BCUT2D eigenvalue weighted by Crippen LogP contribution is -2.61. The van der Waals surface area contributed by atoms with E-state index in [0.717, 1.165) is 0 Å². The maximum atomic E-state index is 13.3. The second-order valence-corrected chi connectivity index (χ2v) is 8.16. The topological polar surface area (TPSA) is 184 Å². The van der Waals surface area contributed by atoms with Gasteiger partial charge in [0.15, 0.2) is 34.4 Å². The van der Waals surface area contributed by atoms with Crippen molar-refractivity contribution < 1.29 is 28.7 Å². The summed E-state index contributed by atoms with van der Waals surface area (Å²) in [5.41, 5.74) is 4.92. The van der Waals surface area contributed by atoms with Crippen molar-refractivity contribution in [1.29, 1.82) is 0 Å². The molecule has 4 aromatic rings. The van der Waals surface area contributed by atoms with Gasteiger partial charge in [-0.1, -0.05) is 5.16 Å². The number of hydrogen-bond donors (Lipinski definition) is 3. The van der Waals surface area contributed by atoms with Crippen LogP contribution in [0.1, 0.15) is 6.92 Å². The van der Waals surface area contributed by atoms with Gasteiger partial charge in [0.05, 0.1) is 37.8 Å². The first-order valence-electron chi connectivity index (χ1n) is 10.8. The van der Waals surface area contributed by atoms with Crippen LogP contribution in [0.5, 0.6) is 5.88 Å². The van der Waals surface area contributed by atoms with E-state index in [0.29, 0.717) is 22.9 Å². The molecule has 2 atom stereocenters. The minimum absolute atomic E-state index is 0.0840. The number of ether oxygens (including phenoxy) is 2. The molecule has 0 saturated carbocycles. The van der Waals surface area contributed by atoms with Crippen molar-refractivity contribution in [3.63, 3.8) is 0 Å². The summed E-state index contributed by atoms with van der Waals surface area (Å²) >= 11 is 0. The lowest BCUT2D eigenvalue weighted by Gasteiger charge is -2.37. The second-order valence-electron chi connectivity index (χ2n) is 8.16. The first kappa shape index (κ1) is 23.2. The number of nitrogens with one attached hydrogen (secondary N) is 1. The van der Waals surface area contributed by atoms with Crippen LogP contribution in [0.25, 0.3) is 16.8 Å². The van der Waals surface area contributed by atoms with Gasteiger partial charge in [0.25, 0.3) is 11.8 Å². The predicted octanol–water partition coefficient (Wildman–Crippen LogP) is 0.516. The van der Waals surface area contributed by atoms with Crippen LogP contribution in [0.4, 0.5) is 17.3 Å². The molecule has 0 aromatic carbocycles. The van der Waals surface area contributed by atoms with Gasteiger partial charge in [-0.05, 0) is 13.0 Å². The zero-order chi connectivity index (χ0) is 25.4. The van der Waals surface area contributed by atoms with E-state index < -0.39 is 23.5 Å². The van der Waals surface area contributed by atoms with Gasteiger partial charge < -0.3 is 30.2 Å². The van der Waals surface area contributed by atoms with Crippen molar-refractivity contribution in [1.82, 2.24) is 24.9 Å². The number of amides is 2. The lowest BCUT2D eigenvalue weighted by molar-refractivity contribution is -0.165. The summed E-state index contributed by atoms with van der Waals surface area (Å²) in [7, 11) is 1.51. The fraction of sp³-hybridized carbons (Fsp3) is 0.273. The number of aliphatic hydroxyl groups is 1. The third-order valence-corrected chi connectivity index (χ3v) is 5.70. The lowest BCUT2D eigenvalue weighted by atomic mass is 9.95. The molecule has 186 valence electrons. The van der Waals surface area contributed by atoms with E-state index in [-0.39, 0.29) is 30.2 Å². The van der Waals surface area contributed by atoms with E-state index in [4.69, 9.17) is 19.7 Å². The third kappa shape index (κ3) is 4.08. The molecule has 14 nitrogen and oxygen atoms in total. The SMILES string of the molecule is COc1cc(-n2ccc(N3CCO[C@H]([C@@](C)(O)C(=O)Nc4cnc5c(N)noc5c4)C3=O)n2)ccn1. The summed E-state index contributed by atoms with van der Waals surface area (Å²) in [6.45, 7) is 1.48. The highest BCUT2D eigenvalue weighted by molar-refractivity contribution is 6.06. The highest BCUT2D eigenvalue weighted by Crippen LogP contribution is 2.27. The Kier molecular flexibility index (Phi) is 5.74. The summed E-state index contributed by atoms with van der Waals surface area (Å²) in [5, 5.41) is 21.6. The Morgan fingerprint density at radius 1 is 1.33 bits per heavy atom. The highest BCUT2D eigenvalue weighted by atomic mass is 16.5. The van der Waals surface area contributed by atoms with Crippen molar-refractivity contribution >= 4 is 40.2 Å². The number of nitrogens with zero attached hydrogens (tertiary/aromatic N) is 6. The molecular weight excluding hydrogens is 472 g/mol. The minimum Gasteiger partial charge on any atom is -0.481 e. The number of nitrogen functional groups attached to an aromatic ring is 1. The molecule has 0 aliphatic carbocycles. The number of carbonyl (C=O) groups is 2. The van der Waals surface area contributed by atoms with Crippen LogP contribution < -0.4 is 20.7 Å². The Balaban J connectivity index is 1.33. The predicted molar refractivity (Wildman–Crippen MR) is 125 cm³/mol. The van der Waals surface area contributed by atoms with Crippen LogP contribution in [0.15, 0.2) is 47.4 Å². The number of rotatable bonds is 6. The van der Waals surface area contributed by atoms with Gasteiger partial charge in [0, 0.05) is 30.6 Å². The third-order valence-electron chi connectivity index (χ3n) is 5.70. The molecule has 5 heterocycles. The fourth-order valence-corrected chi connectivity index (χ4v) is 3.76. The molecule has 0 bridgehead atoms. The van der Waals surface area contributed by atoms with E-state index in [1.54, 1.807) is 35.3 Å². The monoisotopic (exact) mass is 494 g/mol. The maximum absolute atomic E-state index is 13.3. The van der Waals surface area contributed by atoms with Gasteiger partial charge in [0.1, 0.15) is 0 Å². The van der Waals surface area contributed by atoms with Crippen LogP contribution in [-0.2, 0) is 14.3 Å². The average molecular weight is 494 g/mol. The molecule has 0 unspecified atom stereocenters. The zero-order valence-corrected chi connectivity index (χ0v) is 19.3. The van der Waals surface area contributed by atoms with Crippen molar-refractivity contribution in [2.24, 2.45) is 0 Å². The number of carbonyl (C=O) groups excluding carboxylic acids is 2. The zero-order valence-electron chi connectivity index (χ0n) is 19.3. The Hall–Kier alpha value is -4.56. The van der Waals surface area contributed by atoms with Crippen LogP contribution in [0.2, 0.25) is 0 Å². The molecule has 14 heteroatoms. The molecule has 4 N–H and O–H groups in total. The van der Waals surface area contributed by atoms with Crippen LogP contribution in [0, 0.1) is 0 Å². The molecule has 1 aliphatic heterocycles. The second kappa shape index (κ2) is 8.90. The van der Waals surface area contributed by atoms with Crippen molar-refractivity contribution in [2.75, 3.05) is 36.2 Å². The first-order valence-corrected chi connectivity index (χ1v) is 10.8. The Labute approximate surface area is 203 Å². The average Bonchev–Trinajstić information content (AvgIpc) is 3.51. The highest BCUT2D eigenvalue weighted by Gasteiger charge is 2.49. The van der Waals surface area contributed by atoms with Crippen LogP contribution >= 0.6 is 0 Å². The molecule has 1 fully saturated rings. The van der Waals surface area contributed by atoms with Gasteiger partial charge >= 0.3 is 0 Å². The van der Waals surface area contributed by atoms with E-state index in [1.807, 2.05) is 0 Å². The summed E-state index contributed by atoms with van der Waals surface area (Å²) in [6, 6.07) is 6.52. The van der Waals surface area contributed by atoms with Crippen molar-refractivity contribution in [2.45, 2.75) is 18.6 Å². The van der Waals surface area contributed by atoms with Gasteiger partial charge in [-0.3, -0.25) is 14.5 Å². The molecule has 1 saturated heterocycles. The van der Waals surface area contributed by atoms with Crippen molar-refractivity contribution in [3.8, 4) is 11.6 Å². The van der Waals surface area contributed by atoms with Crippen molar-refractivity contribution in [3.05, 3.63) is 42.9 Å². The van der Waals surface area contributed by atoms with E-state index in [2.05, 4.69) is 25.5 Å². The molecule has 0 spiro atoms. The number of fused-ring (bicyclic) bond motifs is 1. The van der Waals surface area contributed by atoms with E-state index in [9.17, 15) is 14.7 Å². The van der Waals surface area contributed by atoms with E-state index in [1.165, 1.54) is 31.2 Å². The number of anilines is 3. The Morgan fingerprint density at radius 3 is 2.97 bits per heavy atom. The Morgan fingerprint density at radius 2 is 2.17 bits per heavy atom. The summed E-state index contributed by atoms with van der Waals surface area (Å²) < 4.78 is 17.3.